The first-order chi connectivity index (χ1) is 10.1. The molecule has 1 aromatic heterocycles. The predicted octanol–water partition coefficient (Wildman–Crippen LogP) is 3.21. The van der Waals surface area contributed by atoms with Gasteiger partial charge in [0.25, 0.3) is 0 Å². The van der Waals surface area contributed by atoms with Gasteiger partial charge >= 0.3 is 0 Å². The number of nitrogens with one attached hydrogen (secondary N) is 1. The number of aromatic nitrogens is 2. The molecule has 0 radical (unpaired) electrons. The van der Waals surface area contributed by atoms with Crippen molar-refractivity contribution in [2.45, 2.75) is 20.0 Å². The number of benzene rings is 2. The maximum absolute atomic E-state index is 9.50. The van der Waals surface area contributed by atoms with E-state index in [0.717, 1.165) is 29.6 Å². The van der Waals surface area contributed by atoms with E-state index in [9.17, 15) is 5.11 Å². The lowest BCUT2D eigenvalue weighted by Crippen LogP contribution is -2.17. The summed E-state index contributed by atoms with van der Waals surface area (Å²) in [6, 6.07) is 11.8. The number of hydrogen-bond donors (Lipinski definition) is 2. The van der Waals surface area contributed by atoms with Crippen LogP contribution < -0.4 is 0 Å². The Morgan fingerprint density at radius 3 is 2.62 bits per heavy atom. The highest BCUT2D eigenvalue weighted by molar-refractivity contribution is 5.84. The van der Waals surface area contributed by atoms with Gasteiger partial charge < -0.3 is 5.11 Å². The van der Waals surface area contributed by atoms with Crippen LogP contribution in [0.15, 0.2) is 42.6 Å². The van der Waals surface area contributed by atoms with Gasteiger partial charge in [-0.25, -0.2) is 0 Å². The average molecular weight is 281 g/mol. The number of aromatic hydroxyl groups is 1. The molecule has 2 N–H and O–H groups in total. The van der Waals surface area contributed by atoms with Crippen molar-refractivity contribution >= 4 is 10.8 Å². The molecule has 0 atom stereocenters. The second kappa shape index (κ2) is 5.58. The summed E-state index contributed by atoms with van der Waals surface area (Å²) < 4.78 is 0. The predicted molar refractivity (Wildman–Crippen MR) is 84.1 cm³/mol. The Hall–Kier alpha value is -2.33. The van der Waals surface area contributed by atoms with Gasteiger partial charge in [0.2, 0.25) is 0 Å². The molecule has 0 aliphatic rings. The van der Waals surface area contributed by atoms with Crippen LogP contribution in [0.5, 0.6) is 5.75 Å². The Kier molecular flexibility index (Phi) is 3.62. The fraction of sp³-hybridized carbons (Fsp3) is 0.235. The van der Waals surface area contributed by atoms with Crippen LogP contribution in [-0.2, 0) is 13.1 Å². The van der Waals surface area contributed by atoms with E-state index in [1.165, 1.54) is 11.1 Å². The zero-order valence-electron chi connectivity index (χ0n) is 12.3. The fourth-order valence-corrected chi connectivity index (χ4v) is 2.57. The van der Waals surface area contributed by atoms with Crippen LogP contribution in [0.4, 0.5) is 0 Å². The summed E-state index contributed by atoms with van der Waals surface area (Å²) in [5.41, 5.74) is 3.61. The molecule has 0 aliphatic heterocycles. The number of nitrogens with zero attached hydrogens (tertiary/aromatic N) is 2. The molecule has 3 aromatic rings. The molecule has 108 valence electrons. The van der Waals surface area contributed by atoms with E-state index in [4.69, 9.17) is 0 Å². The van der Waals surface area contributed by atoms with Gasteiger partial charge in [0.15, 0.2) is 0 Å². The van der Waals surface area contributed by atoms with Crippen molar-refractivity contribution in [2.75, 3.05) is 7.05 Å². The monoisotopic (exact) mass is 281 g/mol. The first-order valence-electron chi connectivity index (χ1n) is 7.01. The third-order valence-corrected chi connectivity index (χ3v) is 3.72. The van der Waals surface area contributed by atoms with Crippen molar-refractivity contribution in [3.05, 3.63) is 59.4 Å². The summed E-state index contributed by atoms with van der Waals surface area (Å²) in [5, 5.41) is 18.7. The molecule has 1 heterocycles. The van der Waals surface area contributed by atoms with Gasteiger partial charge in [-0.05, 0) is 48.5 Å². The number of phenols is 1. The molecule has 3 rings (SSSR count). The smallest absolute Gasteiger partial charge is 0.116 e. The normalized spacial score (nSPS) is 11.4. The molecule has 0 amide bonds. The lowest BCUT2D eigenvalue weighted by atomic mass is 10.1. The molecule has 0 saturated carbocycles. The minimum Gasteiger partial charge on any atom is -0.508 e. The molecule has 0 fully saturated rings. The number of hydrogen-bond acceptors (Lipinski definition) is 3. The molecule has 4 heteroatoms. The Labute approximate surface area is 124 Å². The van der Waals surface area contributed by atoms with Crippen LogP contribution in [0.1, 0.15) is 16.8 Å². The highest BCUT2D eigenvalue weighted by Gasteiger charge is 2.06. The highest BCUT2D eigenvalue weighted by atomic mass is 16.3. The van der Waals surface area contributed by atoms with Crippen molar-refractivity contribution in [3.63, 3.8) is 0 Å². The molecule has 0 unspecified atom stereocenters. The summed E-state index contributed by atoms with van der Waals surface area (Å²) >= 11 is 0. The zero-order valence-corrected chi connectivity index (χ0v) is 12.3. The quantitative estimate of drug-likeness (QED) is 0.772. The molecule has 0 bridgehead atoms. The summed E-state index contributed by atoms with van der Waals surface area (Å²) in [6.07, 6.45) is 1.88. The van der Waals surface area contributed by atoms with Crippen LogP contribution in [0, 0.1) is 6.92 Å². The van der Waals surface area contributed by atoms with Crippen molar-refractivity contribution in [1.29, 1.82) is 0 Å². The van der Waals surface area contributed by atoms with Crippen molar-refractivity contribution in [1.82, 2.24) is 15.1 Å². The Balaban J connectivity index is 1.75. The molecular formula is C17H19N3O. The lowest BCUT2D eigenvalue weighted by Gasteiger charge is -2.16. The number of phenolic OH excluding ortho intramolecular Hbond substituents is 1. The Morgan fingerprint density at radius 1 is 1.10 bits per heavy atom. The van der Waals surface area contributed by atoms with Gasteiger partial charge in [-0.15, -0.1) is 0 Å². The van der Waals surface area contributed by atoms with Crippen LogP contribution in [0.3, 0.4) is 0 Å². The van der Waals surface area contributed by atoms with E-state index in [2.05, 4.69) is 40.3 Å². The van der Waals surface area contributed by atoms with Crippen LogP contribution in [0.2, 0.25) is 0 Å². The first kappa shape index (κ1) is 13.6. The molecule has 4 nitrogen and oxygen atoms in total. The third-order valence-electron chi connectivity index (χ3n) is 3.72. The maximum atomic E-state index is 9.50. The number of fused-ring (bicyclic) bond motifs is 1. The van der Waals surface area contributed by atoms with Gasteiger partial charge in [0.05, 0.1) is 6.20 Å². The third kappa shape index (κ3) is 3.06. The minimum absolute atomic E-state index is 0.308. The van der Waals surface area contributed by atoms with Crippen molar-refractivity contribution in [3.8, 4) is 5.75 Å². The Morgan fingerprint density at radius 2 is 1.86 bits per heavy atom. The van der Waals surface area contributed by atoms with Gasteiger partial charge in [-0.3, -0.25) is 10.00 Å². The van der Waals surface area contributed by atoms with Crippen LogP contribution >= 0.6 is 0 Å². The first-order valence-corrected chi connectivity index (χ1v) is 7.01. The molecule has 0 aliphatic carbocycles. The van der Waals surface area contributed by atoms with Crippen LogP contribution in [-0.4, -0.2) is 27.3 Å². The van der Waals surface area contributed by atoms with E-state index in [-0.39, 0.29) is 0 Å². The zero-order chi connectivity index (χ0) is 14.8. The van der Waals surface area contributed by atoms with E-state index in [1.54, 1.807) is 12.1 Å². The van der Waals surface area contributed by atoms with E-state index in [1.807, 2.05) is 19.2 Å². The van der Waals surface area contributed by atoms with Gasteiger partial charge in [0, 0.05) is 24.3 Å². The van der Waals surface area contributed by atoms with E-state index in [0.29, 0.717) is 5.75 Å². The molecule has 0 saturated heterocycles. The van der Waals surface area contributed by atoms with Crippen molar-refractivity contribution in [2.24, 2.45) is 0 Å². The summed E-state index contributed by atoms with van der Waals surface area (Å²) in [7, 11) is 2.10. The minimum atomic E-state index is 0.308. The van der Waals surface area contributed by atoms with Gasteiger partial charge in [-0.2, -0.15) is 5.10 Å². The van der Waals surface area contributed by atoms with E-state index >= 15 is 0 Å². The molecule has 0 spiro atoms. The highest BCUT2D eigenvalue weighted by Crippen LogP contribution is 2.21. The largest absolute Gasteiger partial charge is 0.508 e. The maximum Gasteiger partial charge on any atom is 0.116 e. The number of aromatic amines is 1. The second-order valence-electron chi connectivity index (χ2n) is 5.56. The van der Waals surface area contributed by atoms with Crippen LogP contribution in [0.25, 0.3) is 10.8 Å². The fourth-order valence-electron chi connectivity index (χ4n) is 2.57. The average Bonchev–Trinajstić information content (AvgIpc) is 2.84. The number of rotatable bonds is 4. The topological polar surface area (TPSA) is 52.2 Å². The summed E-state index contributed by atoms with van der Waals surface area (Å²) in [5.74, 6) is 0.308. The standard InChI is InChI=1S/C17H19N3O/c1-12-16(9-18-19-12)11-20(2)10-13-3-4-15-8-17(21)6-5-14(15)7-13/h3-9,21H,10-11H2,1-2H3,(H,18,19). The van der Waals surface area contributed by atoms with Crippen molar-refractivity contribution < 1.29 is 5.11 Å². The van der Waals surface area contributed by atoms with Gasteiger partial charge in [-0.1, -0.05) is 18.2 Å². The molecule has 21 heavy (non-hydrogen) atoms. The number of H-pyrrole nitrogens is 1. The SMILES string of the molecule is Cc1[nH]ncc1CN(C)Cc1ccc2cc(O)ccc2c1. The Bertz CT molecular complexity index is 764. The summed E-state index contributed by atoms with van der Waals surface area (Å²) in [6.45, 7) is 3.79. The molecular weight excluding hydrogens is 262 g/mol. The molecule has 2 aromatic carbocycles. The second-order valence-corrected chi connectivity index (χ2v) is 5.56. The lowest BCUT2D eigenvalue weighted by molar-refractivity contribution is 0.318. The van der Waals surface area contributed by atoms with Gasteiger partial charge in [0.1, 0.15) is 5.75 Å². The number of aryl methyl sites for hydroxylation is 1. The van der Waals surface area contributed by atoms with E-state index < -0.39 is 0 Å². The summed E-state index contributed by atoms with van der Waals surface area (Å²) in [4.78, 5) is 2.26.